The number of amides is 1. The summed E-state index contributed by atoms with van der Waals surface area (Å²) in [5.41, 5.74) is 4.75. The zero-order valence-electron chi connectivity index (χ0n) is 9.79. The Morgan fingerprint density at radius 2 is 2.17 bits per heavy atom. The maximum Gasteiger partial charge on any atom is 0.433 e. The van der Waals surface area contributed by atoms with E-state index in [0.717, 1.165) is 24.8 Å². The van der Waals surface area contributed by atoms with Crippen molar-refractivity contribution < 1.29 is 18.0 Å². The number of hydrogen-bond donors (Lipinski definition) is 2. The van der Waals surface area contributed by atoms with E-state index >= 15 is 0 Å². The molecule has 100 valence electrons. The van der Waals surface area contributed by atoms with E-state index in [1.807, 2.05) is 6.92 Å². The van der Waals surface area contributed by atoms with E-state index in [1.165, 1.54) is 0 Å². The van der Waals surface area contributed by atoms with E-state index in [2.05, 4.69) is 10.3 Å². The lowest BCUT2D eigenvalue weighted by molar-refractivity contribution is -0.141. The average Bonchev–Trinajstić information content (AvgIpc) is 2.28. The molecule has 0 saturated carbocycles. The fourth-order valence-corrected chi connectivity index (χ4v) is 1.31. The van der Waals surface area contributed by atoms with Gasteiger partial charge in [-0.15, -0.1) is 0 Å². The number of nitrogens with zero attached hydrogens (tertiary/aromatic N) is 1. The molecule has 1 heterocycles. The molecule has 0 aliphatic rings. The standard InChI is InChI=1S/C11H14F3N3O/c1-2-3-8(15)10(18)17-7-4-5-9(16-6-7)11(12,13)14/h4-6,8H,2-3,15H2,1H3,(H,17,18)/t8-/m0/s1. The van der Waals surface area contributed by atoms with E-state index in [0.29, 0.717) is 6.42 Å². The first-order valence-electron chi connectivity index (χ1n) is 5.44. The van der Waals surface area contributed by atoms with Gasteiger partial charge in [0.25, 0.3) is 0 Å². The Bertz CT molecular complexity index is 403. The topological polar surface area (TPSA) is 68.0 Å². The van der Waals surface area contributed by atoms with Crippen molar-refractivity contribution in [1.82, 2.24) is 4.98 Å². The van der Waals surface area contributed by atoms with Crippen LogP contribution in [-0.2, 0) is 11.0 Å². The Hall–Kier alpha value is -1.63. The number of nitrogens with one attached hydrogen (secondary N) is 1. The maximum atomic E-state index is 12.2. The SMILES string of the molecule is CCC[C@H](N)C(=O)Nc1ccc(C(F)(F)F)nc1. The van der Waals surface area contributed by atoms with Gasteiger partial charge in [0, 0.05) is 0 Å². The van der Waals surface area contributed by atoms with Crippen LogP contribution in [0, 0.1) is 0 Å². The zero-order chi connectivity index (χ0) is 13.8. The van der Waals surface area contributed by atoms with Gasteiger partial charge < -0.3 is 11.1 Å². The third-order valence-electron chi connectivity index (χ3n) is 2.26. The Morgan fingerprint density at radius 1 is 1.50 bits per heavy atom. The summed E-state index contributed by atoms with van der Waals surface area (Å²) in [6.07, 6.45) is -2.26. The summed E-state index contributed by atoms with van der Waals surface area (Å²) in [7, 11) is 0. The lowest BCUT2D eigenvalue weighted by Gasteiger charge is -2.11. The van der Waals surface area contributed by atoms with Crippen molar-refractivity contribution in [3.05, 3.63) is 24.0 Å². The molecule has 0 fully saturated rings. The van der Waals surface area contributed by atoms with E-state index in [4.69, 9.17) is 5.73 Å². The van der Waals surface area contributed by atoms with E-state index in [9.17, 15) is 18.0 Å². The fourth-order valence-electron chi connectivity index (χ4n) is 1.31. The molecule has 0 unspecified atom stereocenters. The van der Waals surface area contributed by atoms with Crippen molar-refractivity contribution in [3.63, 3.8) is 0 Å². The number of halogens is 3. The quantitative estimate of drug-likeness (QED) is 0.872. The molecule has 1 atom stereocenters. The molecule has 7 heteroatoms. The minimum absolute atomic E-state index is 0.194. The van der Waals surface area contributed by atoms with Crippen molar-refractivity contribution in [1.29, 1.82) is 0 Å². The van der Waals surface area contributed by atoms with Crippen LogP contribution in [-0.4, -0.2) is 16.9 Å². The molecule has 0 bridgehead atoms. The third kappa shape index (κ3) is 3.99. The molecule has 1 rings (SSSR count). The monoisotopic (exact) mass is 261 g/mol. The third-order valence-corrected chi connectivity index (χ3v) is 2.26. The Morgan fingerprint density at radius 3 is 2.61 bits per heavy atom. The number of nitrogens with two attached hydrogens (primary N) is 1. The first kappa shape index (κ1) is 14.4. The summed E-state index contributed by atoms with van der Waals surface area (Å²) in [5.74, 6) is -0.432. The van der Waals surface area contributed by atoms with Crippen LogP contribution < -0.4 is 11.1 Å². The summed E-state index contributed by atoms with van der Waals surface area (Å²) in [4.78, 5) is 14.7. The summed E-state index contributed by atoms with van der Waals surface area (Å²) in [6, 6.07) is 1.28. The van der Waals surface area contributed by atoms with Crippen molar-refractivity contribution in [2.24, 2.45) is 5.73 Å². The lowest BCUT2D eigenvalue weighted by Crippen LogP contribution is -2.35. The molecular formula is C11H14F3N3O. The number of aromatic nitrogens is 1. The molecule has 0 radical (unpaired) electrons. The number of carbonyl (C=O) groups excluding carboxylic acids is 1. The molecule has 0 aliphatic heterocycles. The van der Waals surface area contributed by atoms with Crippen LogP contribution in [0.15, 0.2) is 18.3 Å². The van der Waals surface area contributed by atoms with Crippen LogP contribution in [0.5, 0.6) is 0 Å². The number of anilines is 1. The summed E-state index contributed by atoms with van der Waals surface area (Å²) in [6.45, 7) is 1.88. The number of hydrogen-bond acceptors (Lipinski definition) is 3. The smallest absolute Gasteiger partial charge is 0.323 e. The van der Waals surface area contributed by atoms with Gasteiger partial charge in [-0.05, 0) is 18.6 Å². The fraction of sp³-hybridized carbons (Fsp3) is 0.455. The first-order valence-corrected chi connectivity index (χ1v) is 5.44. The van der Waals surface area contributed by atoms with Gasteiger partial charge in [0.05, 0.1) is 17.9 Å². The van der Waals surface area contributed by atoms with Crippen molar-refractivity contribution in [2.75, 3.05) is 5.32 Å². The first-order chi connectivity index (χ1) is 8.34. The molecule has 3 N–H and O–H groups in total. The van der Waals surface area contributed by atoms with Crippen LogP contribution in [0.25, 0.3) is 0 Å². The second kappa shape index (κ2) is 5.81. The van der Waals surface area contributed by atoms with Gasteiger partial charge in [-0.2, -0.15) is 13.2 Å². The molecule has 1 amide bonds. The van der Waals surface area contributed by atoms with Gasteiger partial charge in [-0.1, -0.05) is 13.3 Å². The maximum absolute atomic E-state index is 12.2. The molecular weight excluding hydrogens is 247 g/mol. The van der Waals surface area contributed by atoms with Crippen LogP contribution in [0.3, 0.4) is 0 Å². The van der Waals surface area contributed by atoms with Gasteiger partial charge in [0.1, 0.15) is 5.69 Å². The highest BCUT2D eigenvalue weighted by atomic mass is 19.4. The molecule has 0 spiro atoms. The number of carbonyl (C=O) groups is 1. The number of alkyl halides is 3. The van der Waals surface area contributed by atoms with Gasteiger partial charge in [0.2, 0.25) is 5.91 Å². The lowest BCUT2D eigenvalue weighted by atomic mass is 10.1. The molecule has 4 nitrogen and oxygen atoms in total. The van der Waals surface area contributed by atoms with E-state index < -0.39 is 23.8 Å². The highest BCUT2D eigenvalue weighted by Crippen LogP contribution is 2.27. The predicted molar refractivity (Wildman–Crippen MR) is 60.8 cm³/mol. The molecule has 0 aliphatic carbocycles. The molecule has 1 aromatic heterocycles. The van der Waals surface area contributed by atoms with Gasteiger partial charge in [-0.25, -0.2) is 4.98 Å². The summed E-state index contributed by atoms with van der Waals surface area (Å²) >= 11 is 0. The van der Waals surface area contributed by atoms with E-state index in [1.54, 1.807) is 0 Å². The Kier molecular flexibility index (Phi) is 4.66. The number of rotatable bonds is 4. The van der Waals surface area contributed by atoms with Gasteiger partial charge >= 0.3 is 6.18 Å². The van der Waals surface area contributed by atoms with Crippen molar-refractivity contribution >= 4 is 11.6 Å². The predicted octanol–water partition coefficient (Wildman–Crippen LogP) is 2.17. The minimum Gasteiger partial charge on any atom is -0.323 e. The van der Waals surface area contributed by atoms with Gasteiger partial charge in [-0.3, -0.25) is 4.79 Å². The normalized spacial score (nSPS) is 13.2. The highest BCUT2D eigenvalue weighted by molar-refractivity contribution is 5.94. The second-order valence-corrected chi connectivity index (χ2v) is 3.81. The second-order valence-electron chi connectivity index (χ2n) is 3.81. The summed E-state index contributed by atoms with van der Waals surface area (Å²) in [5, 5.41) is 2.41. The Balaban J connectivity index is 2.67. The van der Waals surface area contributed by atoms with E-state index in [-0.39, 0.29) is 5.69 Å². The van der Waals surface area contributed by atoms with Crippen LogP contribution in [0.1, 0.15) is 25.5 Å². The molecule has 0 aromatic carbocycles. The van der Waals surface area contributed by atoms with Crippen LogP contribution in [0.4, 0.5) is 18.9 Å². The average molecular weight is 261 g/mol. The largest absolute Gasteiger partial charge is 0.433 e. The number of pyridine rings is 1. The highest BCUT2D eigenvalue weighted by Gasteiger charge is 2.32. The van der Waals surface area contributed by atoms with Crippen LogP contribution in [0.2, 0.25) is 0 Å². The van der Waals surface area contributed by atoms with Gasteiger partial charge in [0.15, 0.2) is 0 Å². The molecule has 1 aromatic rings. The van der Waals surface area contributed by atoms with Crippen molar-refractivity contribution in [2.45, 2.75) is 32.0 Å². The Labute approximate surface area is 102 Å². The molecule has 18 heavy (non-hydrogen) atoms. The van der Waals surface area contributed by atoms with Crippen molar-refractivity contribution in [3.8, 4) is 0 Å². The summed E-state index contributed by atoms with van der Waals surface area (Å²) < 4.78 is 36.7. The molecule has 0 saturated heterocycles. The van der Waals surface area contributed by atoms with Crippen LogP contribution >= 0.6 is 0 Å². The minimum atomic E-state index is -4.48. The zero-order valence-corrected chi connectivity index (χ0v) is 9.79.